The highest BCUT2D eigenvalue weighted by atomic mass is 35.5. The third kappa shape index (κ3) is 3.44. The molecule has 1 rings (SSSR count). The Morgan fingerprint density at radius 2 is 2.19 bits per heavy atom. The second kappa shape index (κ2) is 5.38. The molecule has 0 fully saturated rings. The number of urea groups is 1. The topological polar surface area (TPSA) is 64.9 Å². The molecule has 0 atom stereocenters. The number of nitriles is 1. The Kier molecular flexibility index (Phi) is 4.15. The molecule has 0 bridgehead atoms. The first-order valence-electron chi connectivity index (χ1n) is 4.80. The Bertz CT molecular complexity index is 437. The predicted molar refractivity (Wildman–Crippen MR) is 63.5 cm³/mol. The van der Waals surface area contributed by atoms with Crippen LogP contribution in [-0.2, 0) is 0 Å². The molecule has 0 spiro atoms. The summed E-state index contributed by atoms with van der Waals surface area (Å²) in [5.41, 5.74) is 0.943. The zero-order valence-corrected chi connectivity index (χ0v) is 9.80. The minimum Gasteiger partial charge on any atom is -0.336 e. The Balaban J connectivity index is 2.73. The van der Waals surface area contributed by atoms with Crippen LogP contribution >= 0.6 is 11.6 Å². The average molecular weight is 238 g/mol. The highest BCUT2D eigenvalue weighted by Crippen LogP contribution is 2.19. The fourth-order valence-electron chi connectivity index (χ4n) is 1.11. The van der Waals surface area contributed by atoms with Gasteiger partial charge < -0.3 is 10.6 Å². The molecule has 0 unspecified atom stereocenters. The molecular formula is C11H12ClN3O. The first kappa shape index (κ1) is 12.3. The van der Waals surface area contributed by atoms with Gasteiger partial charge in [-0.25, -0.2) is 4.79 Å². The van der Waals surface area contributed by atoms with Gasteiger partial charge in [0.1, 0.15) is 6.07 Å². The number of carbonyl (C=O) groups excluding carboxylic acids is 1. The van der Waals surface area contributed by atoms with Gasteiger partial charge in [0.25, 0.3) is 0 Å². The van der Waals surface area contributed by atoms with Crippen molar-refractivity contribution >= 4 is 23.3 Å². The van der Waals surface area contributed by atoms with E-state index in [1.54, 1.807) is 18.2 Å². The largest absolute Gasteiger partial charge is 0.336 e. The quantitative estimate of drug-likeness (QED) is 0.831. The van der Waals surface area contributed by atoms with Gasteiger partial charge in [-0.3, -0.25) is 0 Å². The van der Waals surface area contributed by atoms with Gasteiger partial charge in [0.05, 0.1) is 10.6 Å². The molecule has 4 nitrogen and oxygen atoms in total. The molecule has 0 heterocycles. The van der Waals surface area contributed by atoms with E-state index in [-0.39, 0.29) is 12.1 Å². The number of carbonyl (C=O) groups is 1. The first-order chi connectivity index (χ1) is 7.52. The number of nitrogens with zero attached hydrogens (tertiary/aromatic N) is 1. The fourth-order valence-corrected chi connectivity index (χ4v) is 1.34. The number of anilines is 1. The van der Waals surface area contributed by atoms with Crippen molar-refractivity contribution in [3.05, 3.63) is 28.8 Å². The number of hydrogen-bond acceptors (Lipinski definition) is 2. The lowest BCUT2D eigenvalue weighted by molar-refractivity contribution is 0.250. The van der Waals surface area contributed by atoms with Gasteiger partial charge in [-0.15, -0.1) is 0 Å². The highest BCUT2D eigenvalue weighted by Gasteiger charge is 2.05. The second-order valence-corrected chi connectivity index (χ2v) is 3.97. The van der Waals surface area contributed by atoms with Crippen LogP contribution in [0.25, 0.3) is 0 Å². The lowest BCUT2D eigenvalue weighted by atomic mass is 10.2. The lowest BCUT2D eigenvalue weighted by Gasteiger charge is -2.10. The molecule has 0 aliphatic carbocycles. The molecule has 2 N–H and O–H groups in total. The maximum atomic E-state index is 11.4. The van der Waals surface area contributed by atoms with Crippen molar-refractivity contribution in [1.29, 1.82) is 5.26 Å². The van der Waals surface area contributed by atoms with Crippen LogP contribution in [-0.4, -0.2) is 12.1 Å². The summed E-state index contributed by atoms with van der Waals surface area (Å²) in [7, 11) is 0. The highest BCUT2D eigenvalue weighted by molar-refractivity contribution is 6.32. The number of amides is 2. The minimum atomic E-state index is -0.296. The van der Waals surface area contributed by atoms with E-state index in [0.29, 0.717) is 16.3 Å². The average Bonchev–Trinajstić information content (AvgIpc) is 2.16. The van der Waals surface area contributed by atoms with Gasteiger partial charge in [-0.2, -0.15) is 5.26 Å². The van der Waals surface area contributed by atoms with Crippen molar-refractivity contribution < 1.29 is 4.79 Å². The molecule has 0 aliphatic rings. The van der Waals surface area contributed by atoms with Crippen molar-refractivity contribution in [2.75, 3.05) is 5.32 Å². The van der Waals surface area contributed by atoms with Crippen LogP contribution in [0.2, 0.25) is 5.02 Å². The summed E-state index contributed by atoms with van der Waals surface area (Å²) in [6.45, 7) is 3.73. The summed E-state index contributed by atoms with van der Waals surface area (Å²) in [5, 5.41) is 14.3. The minimum absolute atomic E-state index is 0.0638. The third-order valence-corrected chi connectivity index (χ3v) is 2.08. The van der Waals surface area contributed by atoms with E-state index in [9.17, 15) is 4.79 Å². The van der Waals surface area contributed by atoms with Crippen molar-refractivity contribution in [1.82, 2.24) is 5.32 Å². The van der Waals surface area contributed by atoms with Crippen LogP contribution in [0.4, 0.5) is 10.5 Å². The van der Waals surface area contributed by atoms with Gasteiger partial charge >= 0.3 is 6.03 Å². The van der Waals surface area contributed by atoms with Gasteiger partial charge in [0.15, 0.2) is 0 Å². The van der Waals surface area contributed by atoms with Crippen molar-refractivity contribution in [3.8, 4) is 6.07 Å². The molecule has 0 saturated heterocycles. The van der Waals surface area contributed by atoms with Gasteiger partial charge in [-0.05, 0) is 32.0 Å². The van der Waals surface area contributed by atoms with E-state index >= 15 is 0 Å². The normalized spacial score (nSPS) is 9.69. The zero-order valence-electron chi connectivity index (χ0n) is 9.04. The molecule has 0 saturated carbocycles. The number of nitrogens with one attached hydrogen (secondary N) is 2. The maximum Gasteiger partial charge on any atom is 0.319 e. The molecule has 16 heavy (non-hydrogen) atoms. The van der Waals surface area contributed by atoms with E-state index in [0.717, 1.165) is 0 Å². The number of halogens is 1. The summed E-state index contributed by atoms with van der Waals surface area (Å²) in [4.78, 5) is 11.4. The number of rotatable bonds is 2. The zero-order chi connectivity index (χ0) is 12.1. The van der Waals surface area contributed by atoms with E-state index in [4.69, 9.17) is 16.9 Å². The van der Waals surface area contributed by atoms with Crippen LogP contribution in [0.5, 0.6) is 0 Å². The van der Waals surface area contributed by atoms with Crippen molar-refractivity contribution in [2.45, 2.75) is 19.9 Å². The Labute approximate surface area is 99.2 Å². The third-order valence-electron chi connectivity index (χ3n) is 1.77. The molecule has 1 aromatic rings. The van der Waals surface area contributed by atoms with Gasteiger partial charge in [0.2, 0.25) is 0 Å². The standard InChI is InChI=1S/C11H12ClN3O/c1-7(2)14-11(16)15-9-4-3-8(6-13)10(12)5-9/h3-5,7H,1-2H3,(H2,14,15,16). The summed E-state index contributed by atoms with van der Waals surface area (Å²) >= 11 is 5.82. The lowest BCUT2D eigenvalue weighted by Crippen LogP contribution is -2.34. The van der Waals surface area contributed by atoms with Crippen LogP contribution in [0.15, 0.2) is 18.2 Å². The van der Waals surface area contributed by atoms with Gasteiger partial charge in [0, 0.05) is 11.7 Å². The predicted octanol–water partition coefficient (Wildman–Crippen LogP) is 2.74. The summed E-state index contributed by atoms with van der Waals surface area (Å²) < 4.78 is 0. The van der Waals surface area contributed by atoms with Crippen molar-refractivity contribution in [3.63, 3.8) is 0 Å². The molecule has 0 radical (unpaired) electrons. The first-order valence-corrected chi connectivity index (χ1v) is 5.18. The van der Waals surface area contributed by atoms with E-state index in [1.807, 2.05) is 19.9 Å². The van der Waals surface area contributed by atoms with Crippen LogP contribution in [0.3, 0.4) is 0 Å². The van der Waals surface area contributed by atoms with E-state index < -0.39 is 0 Å². The number of hydrogen-bond donors (Lipinski definition) is 2. The maximum absolute atomic E-state index is 11.4. The Morgan fingerprint density at radius 1 is 1.50 bits per heavy atom. The van der Waals surface area contributed by atoms with Crippen molar-refractivity contribution in [2.24, 2.45) is 0 Å². The summed E-state index contributed by atoms with van der Waals surface area (Å²) in [5.74, 6) is 0. The molecular weight excluding hydrogens is 226 g/mol. The van der Waals surface area contributed by atoms with Crippen LogP contribution in [0.1, 0.15) is 19.4 Å². The van der Waals surface area contributed by atoms with Crippen LogP contribution in [0, 0.1) is 11.3 Å². The molecule has 0 aliphatic heterocycles. The van der Waals surface area contributed by atoms with Gasteiger partial charge in [-0.1, -0.05) is 11.6 Å². The molecule has 0 aromatic heterocycles. The smallest absolute Gasteiger partial charge is 0.319 e. The Morgan fingerprint density at radius 3 is 2.69 bits per heavy atom. The molecule has 2 amide bonds. The van der Waals surface area contributed by atoms with E-state index in [2.05, 4.69) is 10.6 Å². The molecule has 84 valence electrons. The number of benzene rings is 1. The van der Waals surface area contributed by atoms with Crippen LogP contribution < -0.4 is 10.6 Å². The summed E-state index contributed by atoms with van der Waals surface area (Å²) in [6, 6.07) is 6.45. The Hall–Kier alpha value is -1.73. The summed E-state index contributed by atoms with van der Waals surface area (Å²) in [6.07, 6.45) is 0. The van der Waals surface area contributed by atoms with E-state index in [1.165, 1.54) is 0 Å². The molecule has 1 aromatic carbocycles. The second-order valence-electron chi connectivity index (χ2n) is 3.56. The SMILES string of the molecule is CC(C)NC(=O)Nc1ccc(C#N)c(Cl)c1. The monoisotopic (exact) mass is 237 g/mol. The fraction of sp³-hybridized carbons (Fsp3) is 0.273. The molecule has 5 heteroatoms.